The molecule has 0 saturated carbocycles. The van der Waals surface area contributed by atoms with Crippen molar-refractivity contribution < 1.29 is 13.5 Å². The molecular formula is C9H6ClF2NO. The van der Waals surface area contributed by atoms with Crippen LogP contribution < -0.4 is 4.74 Å². The van der Waals surface area contributed by atoms with Gasteiger partial charge in [0.2, 0.25) is 5.82 Å². The van der Waals surface area contributed by atoms with Crippen LogP contribution in [0.1, 0.15) is 6.42 Å². The topological polar surface area (TPSA) is 33.0 Å². The third-order valence-electron chi connectivity index (χ3n) is 1.47. The molecule has 0 amide bonds. The van der Waals surface area contributed by atoms with E-state index in [1.807, 2.05) is 6.07 Å². The molecule has 0 saturated heterocycles. The number of benzene rings is 1. The van der Waals surface area contributed by atoms with Gasteiger partial charge in [-0.05, 0) is 12.1 Å². The minimum Gasteiger partial charge on any atom is -0.489 e. The average molecular weight is 218 g/mol. The van der Waals surface area contributed by atoms with Crippen LogP contribution in [-0.2, 0) is 0 Å². The molecule has 0 fully saturated rings. The van der Waals surface area contributed by atoms with Crippen LogP contribution in [0.2, 0.25) is 5.02 Å². The summed E-state index contributed by atoms with van der Waals surface area (Å²) in [5.74, 6) is -2.50. The van der Waals surface area contributed by atoms with Crippen LogP contribution in [0.25, 0.3) is 0 Å². The molecule has 0 aromatic heterocycles. The maximum Gasteiger partial charge on any atom is 0.202 e. The van der Waals surface area contributed by atoms with Gasteiger partial charge in [-0.25, -0.2) is 4.39 Å². The van der Waals surface area contributed by atoms with Gasteiger partial charge in [0.1, 0.15) is 6.61 Å². The molecule has 1 aromatic rings. The maximum atomic E-state index is 13.0. The Morgan fingerprint density at radius 1 is 1.36 bits per heavy atom. The first kappa shape index (κ1) is 10.7. The number of ether oxygens (including phenoxy) is 1. The van der Waals surface area contributed by atoms with Crippen molar-refractivity contribution in [3.8, 4) is 11.8 Å². The Hall–Kier alpha value is -1.34. The van der Waals surface area contributed by atoms with Crippen molar-refractivity contribution in [2.75, 3.05) is 6.61 Å². The van der Waals surface area contributed by atoms with Crippen molar-refractivity contribution >= 4 is 11.6 Å². The predicted octanol–water partition coefficient (Wildman–Crippen LogP) is 2.91. The Bertz CT molecular complexity index is 376. The van der Waals surface area contributed by atoms with E-state index >= 15 is 0 Å². The SMILES string of the molecule is N#CCCOc1ccc(Cl)c(F)c1F. The molecule has 0 atom stereocenters. The molecule has 0 aliphatic heterocycles. The lowest BCUT2D eigenvalue weighted by Gasteiger charge is -2.05. The highest BCUT2D eigenvalue weighted by Crippen LogP contribution is 2.25. The van der Waals surface area contributed by atoms with E-state index in [0.29, 0.717) is 0 Å². The van der Waals surface area contributed by atoms with Gasteiger partial charge in [0.15, 0.2) is 11.6 Å². The van der Waals surface area contributed by atoms with Gasteiger partial charge in [-0.3, -0.25) is 0 Å². The Kier molecular flexibility index (Phi) is 3.66. The van der Waals surface area contributed by atoms with E-state index in [9.17, 15) is 8.78 Å². The number of halogens is 3. The largest absolute Gasteiger partial charge is 0.489 e. The quantitative estimate of drug-likeness (QED) is 0.576. The predicted molar refractivity (Wildman–Crippen MR) is 47.1 cm³/mol. The van der Waals surface area contributed by atoms with Gasteiger partial charge < -0.3 is 4.74 Å². The monoisotopic (exact) mass is 217 g/mol. The highest BCUT2D eigenvalue weighted by atomic mass is 35.5. The summed E-state index contributed by atoms with van der Waals surface area (Å²) in [6.07, 6.45) is 0.115. The highest BCUT2D eigenvalue weighted by Gasteiger charge is 2.12. The second-order valence-corrected chi connectivity index (χ2v) is 2.84. The molecular weight excluding hydrogens is 212 g/mol. The van der Waals surface area contributed by atoms with E-state index in [0.717, 1.165) is 0 Å². The van der Waals surface area contributed by atoms with Crippen molar-refractivity contribution in [1.82, 2.24) is 0 Å². The van der Waals surface area contributed by atoms with Gasteiger partial charge >= 0.3 is 0 Å². The molecule has 5 heteroatoms. The molecule has 1 rings (SSSR count). The molecule has 0 bridgehead atoms. The maximum absolute atomic E-state index is 13.0. The average Bonchev–Trinajstić information content (AvgIpc) is 2.18. The number of rotatable bonds is 3. The van der Waals surface area contributed by atoms with Gasteiger partial charge in [0, 0.05) is 0 Å². The lowest BCUT2D eigenvalue weighted by atomic mass is 10.3. The number of hydrogen-bond acceptors (Lipinski definition) is 2. The molecule has 0 N–H and O–H groups in total. The smallest absolute Gasteiger partial charge is 0.202 e. The Morgan fingerprint density at radius 2 is 2.07 bits per heavy atom. The molecule has 0 aliphatic carbocycles. The summed E-state index contributed by atoms with van der Waals surface area (Å²) in [6, 6.07) is 4.23. The summed E-state index contributed by atoms with van der Waals surface area (Å²) in [5.41, 5.74) is 0. The third kappa shape index (κ3) is 2.33. The summed E-state index contributed by atoms with van der Waals surface area (Å²) < 4.78 is 30.7. The van der Waals surface area contributed by atoms with Crippen molar-refractivity contribution in [1.29, 1.82) is 5.26 Å². The Morgan fingerprint density at radius 3 is 2.71 bits per heavy atom. The van der Waals surface area contributed by atoms with Crippen molar-refractivity contribution in [2.45, 2.75) is 6.42 Å². The molecule has 0 heterocycles. The van der Waals surface area contributed by atoms with E-state index < -0.39 is 11.6 Å². The molecule has 0 radical (unpaired) electrons. The summed E-state index contributed by atoms with van der Waals surface area (Å²) >= 11 is 5.32. The van der Waals surface area contributed by atoms with E-state index in [-0.39, 0.29) is 23.8 Å². The van der Waals surface area contributed by atoms with E-state index in [1.165, 1.54) is 12.1 Å². The van der Waals surface area contributed by atoms with Gasteiger partial charge in [0.25, 0.3) is 0 Å². The number of nitriles is 1. The van der Waals surface area contributed by atoms with Crippen molar-refractivity contribution in [3.63, 3.8) is 0 Å². The molecule has 0 spiro atoms. The van der Waals surface area contributed by atoms with Crippen LogP contribution in [-0.4, -0.2) is 6.61 Å². The lowest BCUT2D eigenvalue weighted by Crippen LogP contribution is -1.99. The van der Waals surface area contributed by atoms with Crippen LogP contribution in [0, 0.1) is 23.0 Å². The van der Waals surface area contributed by atoms with Crippen LogP contribution in [0.4, 0.5) is 8.78 Å². The fourth-order valence-corrected chi connectivity index (χ4v) is 0.972. The highest BCUT2D eigenvalue weighted by molar-refractivity contribution is 6.30. The summed E-state index contributed by atoms with van der Waals surface area (Å²) in [7, 11) is 0. The Balaban J connectivity index is 2.79. The summed E-state index contributed by atoms with van der Waals surface area (Å²) in [4.78, 5) is 0. The molecule has 14 heavy (non-hydrogen) atoms. The second kappa shape index (κ2) is 4.77. The zero-order valence-electron chi connectivity index (χ0n) is 7.06. The molecule has 0 aliphatic rings. The van der Waals surface area contributed by atoms with Crippen molar-refractivity contribution in [2.24, 2.45) is 0 Å². The van der Waals surface area contributed by atoms with Gasteiger partial charge in [0.05, 0.1) is 17.5 Å². The van der Waals surface area contributed by atoms with Crippen molar-refractivity contribution in [3.05, 3.63) is 28.8 Å². The fourth-order valence-electron chi connectivity index (χ4n) is 0.826. The summed E-state index contributed by atoms with van der Waals surface area (Å²) in [6.45, 7) is 0.0223. The minimum absolute atomic E-state index is 0.0223. The fraction of sp³-hybridized carbons (Fsp3) is 0.222. The molecule has 0 unspecified atom stereocenters. The molecule has 74 valence electrons. The first-order valence-electron chi connectivity index (χ1n) is 3.80. The van der Waals surface area contributed by atoms with Gasteiger partial charge in [-0.15, -0.1) is 0 Å². The van der Waals surface area contributed by atoms with Gasteiger partial charge in [-0.2, -0.15) is 9.65 Å². The molecule has 1 aromatic carbocycles. The lowest BCUT2D eigenvalue weighted by molar-refractivity contribution is 0.303. The number of nitrogens with zero attached hydrogens (tertiary/aromatic N) is 1. The summed E-state index contributed by atoms with van der Waals surface area (Å²) in [5, 5.41) is 7.90. The van der Waals surface area contributed by atoms with Crippen LogP contribution in [0.15, 0.2) is 12.1 Å². The van der Waals surface area contributed by atoms with E-state index in [4.69, 9.17) is 21.6 Å². The van der Waals surface area contributed by atoms with Crippen LogP contribution >= 0.6 is 11.6 Å². The van der Waals surface area contributed by atoms with Crippen LogP contribution in [0.5, 0.6) is 5.75 Å². The molecule has 2 nitrogen and oxygen atoms in total. The normalized spacial score (nSPS) is 9.57. The first-order valence-corrected chi connectivity index (χ1v) is 4.18. The Labute approximate surface area is 84.7 Å². The van der Waals surface area contributed by atoms with E-state index in [1.54, 1.807) is 0 Å². The minimum atomic E-state index is -1.14. The number of hydrogen-bond donors (Lipinski definition) is 0. The third-order valence-corrected chi connectivity index (χ3v) is 1.76. The van der Waals surface area contributed by atoms with Gasteiger partial charge in [-0.1, -0.05) is 11.6 Å². The second-order valence-electron chi connectivity index (χ2n) is 2.43. The first-order chi connectivity index (χ1) is 6.66. The standard InChI is InChI=1S/C9H6ClF2NO/c10-6-2-3-7(9(12)8(6)11)14-5-1-4-13/h2-3H,1,5H2. The van der Waals surface area contributed by atoms with Crippen LogP contribution in [0.3, 0.4) is 0 Å². The van der Waals surface area contributed by atoms with E-state index in [2.05, 4.69) is 0 Å². The zero-order valence-corrected chi connectivity index (χ0v) is 7.81. The zero-order chi connectivity index (χ0) is 10.6.